The number of rotatable bonds is 6. The van der Waals surface area contributed by atoms with E-state index in [1.807, 2.05) is 48.8 Å². The first kappa shape index (κ1) is 34.4. The first-order valence-corrected chi connectivity index (χ1v) is 15.9. The van der Waals surface area contributed by atoms with Gasteiger partial charge >= 0.3 is 18.0 Å². The minimum Gasteiger partial charge on any atom is -0.480 e. The van der Waals surface area contributed by atoms with E-state index in [9.17, 15) is 23.9 Å². The van der Waals surface area contributed by atoms with Gasteiger partial charge in [-0.25, -0.2) is 9.18 Å². The lowest BCUT2D eigenvalue weighted by Crippen LogP contribution is -2.48. The highest BCUT2D eigenvalue weighted by Gasteiger charge is 2.29. The number of carbonyl (C=O) groups is 3. The summed E-state index contributed by atoms with van der Waals surface area (Å²) >= 11 is 0. The summed E-state index contributed by atoms with van der Waals surface area (Å²) in [7, 11) is 0. The molecule has 0 bridgehead atoms. The topological polar surface area (TPSA) is 132 Å². The van der Waals surface area contributed by atoms with Gasteiger partial charge in [0.15, 0.2) is 0 Å². The van der Waals surface area contributed by atoms with E-state index in [4.69, 9.17) is 14.6 Å². The van der Waals surface area contributed by atoms with Gasteiger partial charge in [-0.05, 0) is 61.1 Å². The molecule has 4 rings (SSSR count). The van der Waals surface area contributed by atoms with Crippen LogP contribution in [0, 0.1) is 17.7 Å². The Balaban J connectivity index is 1.54. The monoisotopic (exact) mass is 630 g/mol. The lowest BCUT2D eigenvalue weighted by molar-refractivity contribution is -0.151. The molecule has 3 N–H and O–H groups in total. The SMILES string of the molecule is C/C(=C\c1cc(F)cc(N2CCN(CC(=O)O)CC2)c1)[C@H]1OC(=O)CC(O)CC[C@H](C)[C@@H](OC(=O)N2CCNCC2)/C=C/[C@@H]1C. The van der Waals surface area contributed by atoms with Gasteiger partial charge < -0.3 is 34.8 Å². The second-order valence-corrected chi connectivity index (χ2v) is 12.4. The van der Waals surface area contributed by atoms with Gasteiger partial charge in [0, 0.05) is 64.0 Å². The van der Waals surface area contributed by atoms with Crippen LogP contribution in [0.4, 0.5) is 14.9 Å². The molecule has 0 saturated carbocycles. The molecule has 2 fully saturated rings. The molecule has 0 aromatic heterocycles. The second-order valence-electron chi connectivity index (χ2n) is 12.4. The van der Waals surface area contributed by atoms with Crippen LogP contribution in [-0.4, -0.2) is 115 Å². The number of carbonyl (C=O) groups excluding carboxylic acids is 2. The number of piperazine rings is 2. The lowest BCUT2D eigenvalue weighted by Gasteiger charge is -2.35. The van der Waals surface area contributed by atoms with Crippen LogP contribution >= 0.6 is 0 Å². The lowest BCUT2D eigenvalue weighted by atomic mass is 9.91. The smallest absolute Gasteiger partial charge is 0.410 e. The molecular weight excluding hydrogens is 583 g/mol. The zero-order valence-corrected chi connectivity index (χ0v) is 26.5. The number of esters is 1. The average Bonchev–Trinajstić information content (AvgIpc) is 3.00. The van der Waals surface area contributed by atoms with Gasteiger partial charge in [-0.1, -0.05) is 26.0 Å². The number of amides is 1. The van der Waals surface area contributed by atoms with Crippen LogP contribution in [0.2, 0.25) is 0 Å². The Labute approximate surface area is 264 Å². The number of aliphatic hydroxyl groups excluding tert-OH is 1. The van der Waals surface area contributed by atoms with Crippen LogP contribution in [0.3, 0.4) is 0 Å². The fraction of sp³-hybridized carbons (Fsp3) is 0.606. The van der Waals surface area contributed by atoms with Gasteiger partial charge in [-0.3, -0.25) is 14.5 Å². The Morgan fingerprint density at radius 2 is 1.78 bits per heavy atom. The molecule has 3 aliphatic rings. The van der Waals surface area contributed by atoms with E-state index in [1.165, 1.54) is 12.1 Å². The summed E-state index contributed by atoms with van der Waals surface area (Å²) in [5.74, 6) is -2.20. The van der Waals surface area contributed by atoms with Crippen molar-refractivity contribution in [3.05, 3.63) is 47.3 Å². The summed E-state index contributed by atoms with van der Waals surface area (Å²) in [6, 6.07) is 4.75. The Bertz CT molecular complexity index is 1240. The van der Waals surface area contributed by atoms with E-state index in [0.717, 1.165) is 0 Å². The number of nitrogens with one attached hydrogen (secondary N) is 1. The third-order valence-corrected chi connectivity index (χ3v) is 8.72. The van der Waals surface area contributed by atoms with Crippen molar-refractivity contribution in [2.75, 3.05) is 63.8 Å². The molecular formula is C33H47FN4O7. The van der Waals surface area contributed by atoms with Crippen molar-refractivity contribution in [2.24, 2.45) is 11.8 Å². The molecule has 12 heteroatoms. The second kappa shape index (κ2) is 16.2. The summed E-state index contributed by atoms with van der Waals surface area (Å²) < 4.78 is 26.7. The largest absolute Gasteiger partial charge is 0.480 e. The number of anilines is 1. The predicted octanol–water partition coefficient (Wildman–Crippen LogP) is 3.13. The molecule has 3 heterocycles. The van der Waals surface area contributed by atoms with E-state index in [2.05, 4.69) is 5.32 Å². The van der Waals surface area contributed by atoms with Crippen molar-refractivity contribution >= 4 is 29.8 Å². The number of cyclic esters (lactones) is 1. The van der Waals surface area contributed by atoms with Gasteiger partial charge in [0.1, 0.15) is 18.0 Å². The van der Waals surface area contributed by atoms with E-state index in [-0.39, 0.29) is 30.9 Å². The highest BCUT2D eigenvalue weighted by Crippen LogP contribution is 2.27. The Hall–Kier alpha value is -3.48. The highest BCUT2D eigenvalue weighted by atomic mass is 19.1. The average molecular weight is 631 g/mol. The van der Waals surface area contributed by atoms with E-state index in [0.29, 0.717) is 82.0 Å². The fourth-order valence-corrected chi connectivity index (χ4v) is 6.05. The number of carboxylic acid groups (broad SMARTS) is 1. The Kier molecular flexibility index (Phi) is 12.4. The van der Waals surface area contributed by atoms with Gasteiger partial charge in [0.2, 0.25) is 0 Å². The van der Waals surface area contributed by atoms with E-state index >= 15 is 0 Å². The van der Waals surface area contributed by atoms with E-state index < -0.39 is 36.1 Å². The van der Waals surface area contributed by atoms with Crippen LogP contribution in [0.25, 0.3) is 6.08 Å². The fourth-order valence-electron chi connectivity index (χ4n) is 6.05. The predicted molar refractivity (Wildman–Crippen MR) is 168 cm³/mol. The quantitative estimate of drug-likeness (QED) is 0.318. The summed E-state index contributed by atoms with van der Waals surface area (Å²) in [6.45, 7) is 10.5. The van der Waals surface area contributed by atoms with Crippen LogP contribution in [0.1, 0.15) is 45.6 Å². The zero-order valence-electron chi connectivity index (χ0n) is 26.5. The molecule has 1 aromatic carbocycles. The van der Waals surface area contributed by atoms with Crippen LogP contribution in [-0.2, 0) is 19.1 Å². The van der Waals surface area contributed by atoms with Crippen LogP contribution in [0.15, 0.2) is 35.9 Å². The number of aliphatic hydroxyl groups is 1. The normalized spacial score (nSPS) is 28.4. The minimum absolute atomic E-state index is 0.0216. The summed E-state index contributed by atoms with van der Waals surface area (Å²) in [4.78, 5) is 42.4. The van der Waals surface area contributed by atoms with Gasteiger partial charge in [0.25, 0.3) is 0 Å². The summed E-state index contributed by atoms with van der Waals surface area (Å²) in [5, 5.41) is 22.9. The number of benzene rings is 1. The standard InChI is InChI=1S/C33H47FN4O7/c1-22-4-6-28(39)20-31(42)45-32(23(2)5-7-29(22)44-33(43)38-10-8-35-9-11-38)24(3)16-25-17-26(34)19-27(18-25)37-14-12-36(13-15-37)21-30(40)41/h5,7,16-19,22-23,28-29,32,35,39H,4,6,8-15,20-21H2,1-3H3,(H,40,41)/b7-5+,24-16+/t22-,23-,28?,29-,32-/m0/s1. The summed E-state index contributed by atoms with van der Waals surface area (Å²) in [6.07, 6.45) is 3.81. The molecule has 5 atom stereocenters. The molecule has 45 heavy (non-hydrogen) atoms. The summed E-state index contributed by atoms with van der Waals surface area (Å²) in [5.41, 5.74) is 1.99. The molecule has 2 saturated heterocycles. The third-order valence-electron chi connectivity index (χ3n) is 8.72. The van der Waals surface area contributed by atoms with E-state index in [1.54, 1.807) is 11.0 Å². The Morgan fingerprint density at radius 1 is 1.07 bits per heavy atom. The maximum absolute atomic E-state index is 14.8. The molecule has 0 aliphatic carbocycles. The number of nitrogens with zero attached hydrogens (tertiary/aromatic N) is 3. The van der Waals surface area contributed by atoms with Crippen molar-refractivity contribution < 1.29 is 38.5 Å². The number of carboxylic acids is 1. The minimum atomic E-state index is -0.894. The van der Waals surface area contributed by atoms with Crippen molar-refractivity contribution in [2.45, 2.75) is 58.3 Å². The van der Waals surface area contributed by atoms with Crippen molar-refractivity contribution in [1.29, 1.82) is 0 Å². The molecule has 0 radical (unpaired) electrons. The molecule has 1 amide bonds. The van der Waals surface area contributed by atoms with Crippen molar-refractivity contribution in [1.82, 2.24) is 15.1 Å². The van der Waals surface area contributed by atoms with Crippen LogP contribution in [0.5, 0.6) is 0 Å². The van der Waals surface area contributed by atoms with Crippen molar-refractivity contribution in [3.8, 4) is 0 Å². The number of halogens is 1. The number of hydrogen-bond acceptors (Lipinski definition) is 9. The molecule has 0 spiro atoms. The number of ether oxygens (including phenoxy) is 2. The number of hydrogen-bond donors (Lipinski definition) is 3. The Morgan fingerprint density at radius 3 is 2.47 bits per heavy atom. The number of aliphatic carboxylic acids is 1. The maximum Gasteiger partial charge on any atom is 0.410 e. The van der Waals surface area contributed by atoms with Crippen LogP contribution < -0.4 is 10.2 Å². The molecule has 248 valence electrons. The first-order valence-electron chi connectivity index (χ1n) is 15.9. The van der Waals surface area contributed by atoms with Gasteiger partial charge in [-0.15, -0.1) is 0 Å². The van der Waals surface area contributed by atoms with Crippen molar-refractivity contribution in [3.63, 3.8) is 0 Å². The molecule has 3 aliphatic heterocycles. The molecule has 11 nitrogen and oxygen atoms in total. The molecule has 1 aromatic rings. The van der Waals surface area contributed by atoms with Gasteiger partial charge in [-0.2, -0.15) is 0 Å². The first-order chi connectivity index (χ1) is 21.5. The molecule has 1 unspecified atom stereocenters. The third kappa shape index (κ3) is 10.3. The zero-order chi connectivity index (χ0) is 32.5. The van der Waals surface area contributed by atoms with Gasteiger partial charge in [0.05, 0.1) is 19.1 Å². The maximum atomic E-state index is 14.8. The highest BCUT2D eigenvalue weighted by molar-refractivity contribution is 5.71.